The second-order valence-corrected chi connectivity index (χ2v) is 7.90. The Labute approximate surface area is 170 Å². The van der Waals surface area contributed by atoms with E-state index in [4.69, 9.17) is 13.9 Å². The summed E-state index contributed by atoms with van der Waals surface area (Å²) in [6, 6.07) is 9.42. The van der Waals surface area contributed by atoms with Crippen molar-refractivity contribution in [3.05, 3.63) is 51.8 Å². The molecule has 0 N–H and O–H groups in total. The fraction of sp³-hybridized carbons (Fsp3) is 0.350. The predicted octanol–water partition coefficient (Wildman–Crippen LogP) is 2.70. The molecule has 1 aromatic carbocycles. The molecule has 0 bridgehead atoms. The highest BCUT2D eigenvalue weighted by molar-refractivity contribution is 7.13. The van der Waals surface area contributed by atoms with Gasteiger partial charge in [0.15, 0.2) is 11.5 Å². The molecule has 150 valence electrons. The summed E-state index contributed by atoms with van der Waals surface area (Å²) in [7, 11) is 0. The number of carbonyl (C=O) groups excluding carboxylic acids is 1. The van der Waals surface area contributed by atoms with Crippen LogP contribution in [0.15, 0.2) is 44.9 Å². The van der Waals surface area contributed by atoms with Gasteiger partial charge in [0, 0.05) is 6.54 Å². The molecular weight excluding hydrogens is 394 g/mol. The molecule has 0 spiro atoms. The molecule has 1 amide bonds. The lowest BCUT2D eigenvalue weighted by Crippen LogP contribution is -2.35. The van der Waals surface area contributed by atoms with Crippen molar-refractivity contribution in [3.8, 4) is 22.3 Å². The minimum atomic E-state index is -0.628. The average Bonchev–Trinajstić information content (AvgIpc) is 3.49. The summed E-state index contributed by atoms with van der Waals surface area (Å²) < 4.78 is 17.5. The Hall–Kier alpha value is -3.07. The Morgan fingerprint density at radius 2 is 2.07 bits per heavy atom. The summed E-state index contributed by atoms with van der Waals surface area (Å²) in [6.45, 7) is 1.56. The van der Waals surface area contributed by atoms with Gasteiger partial charge in [0.25, 0.3) is 5.89 Å². The number of thiophene rings is 1. The van der Waals surface area contributed by atoms with Crippen LogP contribution in [0.25, 0.3) is 10.8 Å². The van der Waals surface area contributed by atoms with Crippen LogP contribution in [-0.2, 0) is 11.3 Å². The zero-order valence-electron chi connectivity index (χ0n) is 15.6. The van der Waals surface area contributed by atoms with Gasteiger partial charge in [-0.1, -0.05) is 12.1 Å². The lowest BCUT2D eigenvalue weighted by Gasteiger charge is -2.26. The van der Waals surface area contributed by atoms with Crippen molar-refractivity contribution in [2.75, 3.05) is 19.8 Å². The fourth-order valence-electron chi connectivity index (χ4n) is 3.80. The number of carbonyl (C=O) groups is 1. The first-order valence-electron chi connectivity index (χ1n) is 9.50. The molecule has 3 aromatic rings. The third-order valence-electron chi connectivity index (χ3n) is 5.15. The minimum absolute atomic E-state index is 0.0577. The van der Waals surface area contributed by atoms with Crippen molar-refractivity contribution < 1.29 is 18.7 Å². The molecule has 2 aliphatic heterocycles. The maximum absolute atomic E-state index is 13.0. The van der Waals surface area contributed by atoms with Gasteiger partial charge in [0.2, 0.25) is 5.91 Å². The molecule has 8 nitrogen and oxygen atoms in total. The van der Waals surface area contributed by atoms with Gasteiger partial charge in [-0.2, -0.15) is 4.68 Å². The first-order chi connectivity index (χ1) is 14.2. The number of rotatable bonds is 4. The van der Waals surface area contributed by atoms with Crippen LogP contribution in [0.3, 0.4) is 0 Å². The van der Waals surface area contributed by atoms with Crippen LogP contribution >= 0.6 is 11.3 Å². The second kappa shape index (κ2) is 7.40. The van der Waals surface area contributed by atoms with E-state index in [0.717, 1.165) is 33.7 Å². The van der Waals surface area contributed by atoms with E-state index in [9.17, 15) is 9.59 Å². The van der Waals surface area contributed by atoms with Crippen molar-refractivity contribution in [1.29, 1.82) is 0 Å². The molecule has 2 aromatic heterocycles. The standard InChI is InChI=1S/C20H19N3O5S/c24-18(12-23-20(25)28-19(21-23)17-4-2-10-29-17)22-7-1-3-14(22)13-5-6-15-16(11-13)27-9-8-26-15/h2,4-6,10-11,14H,1,3,7-9,12H2. The molecule has 5 rings (SSSR count). The highest BCUT2D eigenvalue weighted by atomic mass is 32.1. The lowest BCUT2D eigenvalue weighted by atomic mass is 10.0. The quantitative estimate of drug-likeness (QED) is 0.654. The molecule has 1 fully saturated rings. The number of hydrogen-bond donors (Lipinski definition) is 0. The Kier molecular flexibility index (Phi) is 4.59. The minimum Gasteiger partial charge on any atom is -0.486 e. The van der Waals surface area contributed by atoms with E-state index < -0.39 is 5.76 Å². The van der Waals surface area contributed by atoms with Gasteiger partial charge in [-0.15, -0.1) is 16.4 Å². The van der Waals surface area contributed by atoms with Gasteiger partial charge in [-0.25, -0.2) is 4.79 Å². The van der Waals surface area contributed by atoms with Crippen molar-refractivity contribution in [1.82, 2.24) is 14.7 Å². The summed E-state index contributed by atoms with van der Waals surface area (Å²) in [5, 5.41) is 6.06. The van der Waals surface area contributed by atoms with Crippen molar-refractivity contribution >= 4 is 17.2 Å². The largest absolute Gasteiger partial charge is 0.486 e. The Morgan fingerprint density at radius 3 is 2.90 bits per heavy atom. The molecule has 4 heterocycles. The maximum Gasteiger partial charge on any atom is 0.437 e. The van der Waals surface area contributed by atoms with Crippen LogP contribution in [0, 0.1) is 0 Å². The number of fused-ring (bicyclic) bond motifs is 1. The second-order valence-electron chi connectivity index (χ2n) is 6.96. The fourth-order valence-corrected chi connectivity index (χ4v) is 4.45. The van der Waals surface area contributed by atoms with Crippen molar-refractivity contribution in [2.45, 2.75) is 25.4 Å². The highest BCUT2D eigenvalue weighted by Crippen LogP contribution is 2.38. The third-order valence-corrected chi connectivity index (χ3v) is 6.01. The van der Waals surface area contributed by atoms with E-state index in [0.29, 0.717) is 25.5 Å². The molecule has 1 unspecified atom stereocenters. The maximum atomic E-state index is 13.0. The van der Waals surface area contributed by atoms with Gasteiger partial charge in [0.1, 0.15) is 19.8 Å². The van der Waals surface area contributed by atoms with Gasteiger partial charge in [-0.05, 0) is 42.0 Å². The van der Waals surface area contributed by atoms with E-state index in [1.165, 1.54) is 11.3 Å². The molecule has 29 heavy (non-hydrogen) atoms. The van der Waals surface area contributed by atoms with E-state index in [2.05, 4.69) is 5.10 Å². The summed E-state index contributed by atoms with van der Waals surface area (Å²) in [4.78, 5) is 27.7. The van der Waals surface area contributed by atoms with Crippen LogP contribution in [0.2, 0.25) is 0 Å². The average molecular weight is 413 g/mol. The van der Waals surface area contributed by atoms with E-state index >= 15 is 0 Å². The Balaban J connectivity index is 1.35. The first-order valence-corrected chi connectivity index (χ1v) is 10.4. The summed E-state index contributed by atoms with van der Waals surface area (Å²) in [5.41, 5.74) is 1.01. The molecule has 0 saturated carbocycles. The highest BCUT2D eigenvalue weighted by Gasteiger charge is 2.31. The molecule has 0 radical (unpaired) electrons. The van der Waals surface area contributed by atoms with Crippen LogP contribution in [-0.4, -0.2) is 40.3 Å². The number of nitrogens with zero attached hydrogens (tertiary/aromatic N) is 3. The van der Waals surface area contributed by atoms with Crippen LogP contribution in [0.5, 0.6) is 11.5 Å². The van der Waals surface area contributed by atoms with Gasteiger partial charge >= 0.3 is 5.76 Å². The number of hydrogen-bond acceptors (Lipinski definition) is 7. The zero-order valence-corrected chi connectivity index (χ0v) is 16.4. The lowest BCUT2D eigenvalue weighted by molar-refractivity contribution is -0.133. The van der Waals surface area contributed by atoms with Gasteiger partial charge < -0.3 is 18.8 Å². The summed E-state index contributed by atoms with van der Waals surface area (Å²) >= 11 is 1.43. The number of ether oxygens (including phenoxy) is 2. The van der Waals surface area contributed by atoms with Crippen molar-refractivity contribution in [2.24, 2.45) is 0 Å². The first kappa shape index (κ1) is 18.0. The summed E-state index contributed by atoms with van der Waals surface area (Å²) in [5.74, 6) is 0.891. The van der Waals surface area contributed by atoms with Crippen LogP contribution < -0.4 is 15.2 Å². The molecule has 0 aliphatic carbocycles. The van der Waals surface area contributed by atoms with E-state index in [-0.39, 0.29) is 24.4 Å². The Morgan fingerprint density at radius 1 is 1.21 bits per heavy atom. The van der Waals surface area contributed by atoms with Crippen molar-refractivity contribution in [3.63, 3.8) is 0 Å². The van der Waals surface area contributed by atoms with Crippen LogP contribution in [0.4, 0.5) is 0 Å². The third kappa shape index (κ3) is 3.42. The summed E-state index contributed by atoms with van der Waals surface area (Å²) in [6.07, 6.45) is 1.76. The Bertz CT molecular complexity index is 1090. The number of likely N-dealkylation sites (tertiary alicyclic amines) is 1. The molecule has 1 atom stereocenters. The van der Waals surface area contributed by atoms with Crippen LogP contribution in [0.1, 0.15) is 24.4 Å². The molecule has 1 saturated heterocycles. The predicted molar refractivity (Wildman–Crippen MR) is 105 cm³/mol. The SMILES string of the molecule is O=C(Cn1nc(-c2cccs2)oc1=O)N1CCCC1c1ccc2c(c1)OCCO2. The zero-order chi connectivity index (χ0) is 19.8. The normalized spacial score (nSPS) is 18.2. The van der Waals surface area contributed by atoms with Gasteiger partial charge in [-0.3, -0.25) is 4.79 Å². The van der Waals surface area contributed by atoms with E-state index in [1.807, 2.05) is 35.7 Å². The molecular formula is C20H19N3O5S. The van der Waals surface area contributed by atoms with Gasteiger partial charge in [0.05, 0.1) is 10.9 Å². The molecule has 9 heteroatoms. The van der Waals surface area contributed by atoms with E-state index in [1.54, 1.807) is 4.90 Å². The monoisotopic (exact) mass is 413 g/mol. The number of amides is 1. The molecule has 2 aliphatic rings. The smallest absolute Gasteiger partial charge is 0.437 e. The number of aromatic nitrogens is 2. The topological polar surface area (TPSA) is 86.8 Å². The number of benzene rings is 1.